The van der Waals surface area contributed by atoms with Crippen molar-refractivity contribution in [2.45, 2.75) is 13.5 Å². The van der Waals surface area contributed by atoms with Crippen LogP contribution in [-0.2, 0) is 6.54 Å². The molecule has 2 heterocycles. The standard InChI is InChI=1S/C28H31ClN6OS/c1-20-5-8-24(15-26(20)31-19-32-27(18-37)22-4-3-9-30-16-22)33-28(36)21-6-7-23(25(29)14-21)17-35-12-10-34(2)11-13-35/h3-9,14-16,18-19,37H,10-13,17H2,1-2H3,(H,31,32)(H,33,36)/b27-18-. The summed E-state index contributed by atoms with van der Waals surface area (Å²) in [5.74, 6) is -0.221. The van der Waals surface area contributed by atoms with Crippen molar-refractivity contribution >= 4 is 53.5 Å². The number of likely N-dealkylation sites (N-methyl/N-ethyl adjacent to an activating group) is 1. The predicted molar refractivity (Wildman–Crippen MR) is 156 cm³/mol. The van der Waals surface area contributed by atoms with Crippen LogP contribution < -0.4 is 10.6 Å². The number of anilines is 1. The maximum atomic E-state index is 12.9. The van der Waals surface area contributed by atoms with Crippen molar-refractivity contribution < 1.29 is 4.79 Å². The molecule has 1 saturated heterocycles. The van der Waals surface area contributed by atoms with Gasteiger partial charge in [0.15, 0.2) is 0 Å². The monoisotopic (exact) mass is 534 g/mol. The smallest absolute Gasteiger partial charge is 0.255 e. The SMILES string of the molecule is Cc1ccc(NC(=O)c2ccc(CN3CCN(C)CC3)c(Cl)c2)cc1N=CN/C(=C\S)c1cccnc1. The highest BCUT2D eigenvalue weighted by Gasteiger charge is 2.16. The summed E-state index contributed by atoms with van der Waals surface area (Å²) < 4.78 is 0. The first-order valence-electron chi connectivity index (χ1n) is 12.1. The van der Waals surface area contributed by atoms with E-state index in [1.807, 2.05) is 49.4 Å². The average Bonchev–Trinajstić information content (AvgIpc) is 2.91. The molecule has 4 rings (SSSR count). The van der Waals surface area contributed by atoms with Gasteiger partial charge in [0.1, 0.15) is 0 Å². The number of carbonyl (C=O) groups is 1. The van der Waals surface area contributed by atoms with E-state index in [0.717, 1.165) is 60.8 Å². The molecule has 3 aromatic rings. The Morgan fingerprint density at radius 2 is 1.95 bits per heavy atom. The molecule has 192 valence electrons. The number of thiol groups is 1. The topological polar surface area (TPSA) is 72.9 Å². The van der Waals surface area contributed by atoms with Gasteiger partial charge >= 0.3 is 0 Å². The summed E-state index contributed by atoms with van der Waals surface area (Å²) in [6, 6.07) is 14.9. The lowest BCUT2D eigenvalue weighted by molar-refractivity contribution is 0.102. The van der Waals surface area contributed by atoms with Crippen molar-refractivity contribution in [1.82, 2.24) is 20.1 Å². The van der Waals surface area contributed by atoms with Crippen LogP contribution in [0.4, 0.5) is 11.4 Å². The van der Waals surface area contributed by atoms with Gasteiger partial charge in [-0.2, -0.15) is 0 Å². The molecule has 2 aromatic carbocycles. The Labute approximate surface area is 228 Å². The Morgan fingerprint density at radius 1 is 1.14 bits per heavy atom. The maximum Gasteiger partial charge on any atom is 0.255 e. The highest BCUT2D eigenvalue weighted by Crippen LogP contribution is 2.25. The lowest BCUT2D eigenvalue weighted by Crippen LogP contribution is -2.43. The van der Waals surface area contributed by atoms with Crippen molar-refractivity contribution in [3.05, 3.63) is 93.6 Å². The fraction of sp³-hybridized carbons (Fsp3) is 0.250. The molecular weight excluding hydrogens is 504 g/mol. The lowest BCUT2D eigenvalue weighted by Gasteiger charge is -2.32. The Morgan fingerprint density at radius 3 is 2.65 bits per heavy atom. The molecule has 1 aliphatic rings. The zero-order valence-electron chi connectivity index (χ0n) is 21.0. The van der Waals surface area contributed by atoms with Gasteiger partial charge in [-0.3, -0.25) is 14.7 Å². The van der Waals surface area contributed by atoms with E-state index in [1.54, 1.807) is 30.2 Å². The van der Waals surface area contributed by atoms with Gasteiger partial charge in [0.2, 0.25) is 0 Å². The van der Waals surface area contributed by atoms with Crippen molar-refractivity contribution in [2.24, 2.45) is 4.99 Å². The number of aliphatic imine (C=N–C) groups is 1. The van der Waals surface area contributed by atoms with Crippen molar-refractivity contribution in [3.63, 3.8) is 0 Å². The predicted octanol–water partition coefficient (Wildman–Crippen LogP) is 5.22. The number of amides is 1. The minimum absolute atomic E-state index is 0.221. The number of halogens is 1. The molecule has 0 saturated carbocycles. The van der Waals surface area contributed by atoms with Gasteiger partial charge in [0, 0.05) is 67.0 Å². The Kier molecular flexibility index (Phi) is 9.35. The molecular formula is C28H31ClN6OS. The Balaban J connectivity index is 1.39. The normalized spacial score (nSPS) is 15.2. The second kappa shape index (κ2) is 12.9. The molecule has 2 N–H and O–H groups in total. The second-order valence-electron chi connectivity index (χ2n) is 9.03. The number of hydrogen-bond acceptors (Lipinski definition) is 6. The number of carbonyl (C=O) groups excluding carboxylic acids is 1. The second-order valence-corrected chi connectivity index (χ2v) is 9.69. The molecule has 1 aliphatic heterocycles. The highest BCUT2D eigenvalue weighted by molar-refractivity contribution is 7.83. The third kappa shape index (κ3) is 7.42. The molecule has 1 aromatic heterocycles. The maximum absolute atomic E-state index is 12.9. The number of piperazine rings is 1. The lowest BCUT2D eigenvalue weighted by atomic mass is 10.1. The van der Waals surface area contributed by atoms with E-state index >= 15 is 0 Å². The van der Waals surface area contributed by atoms with E-state index < -0.39 is 0 Å². The highest BCUT2D eigenvalue weighted by atomic mass is 35.5. The summed E-state index contributed by atoms with van der Waals surface area (Å²) >= 11 is 10.8. The summed E-state index contributed by atoms with van der Waals surface area (Å²) in [4.78, 5) is 26.3. The van der Waals surface area contributed by atoms with Crippen LogP contribution in [0, 0.1) is 6.92 Å². The number of nitrogens with zero attached hydrogens (tertiary/aromatic N) is 4. The first-order chi connectivity index (χ1) is 17.9. The minimum atomic E-state index is -0.221. The molecule has 0 aliphatic carbocycles. The Bertz CT molecular complexity index is 1290. The third-order valence-electron chi connectivity index (χ3n) is 6.30. The first kappa shape index (κ1) is 26.9. The van der Waals surface area contributed by atoms with Crippen LogP contribution in [-0.4, -0.2) is 60.3 Å². The van der Waals surface area contributed by atoms with E-state index in [2.05, 4.69) is 50.1 Å². The minimum Gasteiger partial charge on any atom is -0.345 e. The number of pyridine rings is 1. The number of benzene rings is 2. The number of hydrogen-bond donors (Lipinski definition) is 3. The van der Waals surface area contributed by atoms with Gasteiger partial charge in [0.25, 0.3) is 5.91 Å². The summed E-state index contributed by atoms with van der Waals surface area (Å²) in [6.07, 6.45) is 5.06. The summed E-state index contributed by atoms with van der Waals surface area (Å²) in [7, 11) is 2.14. The van der Waals surface area contributed by atoms with Crippen molar-refractivity contribution in [1.29, 1.82) is 0 Å². The fourth-order valence-corrected chi connectivity index (χ4v) is 4.45. The molecule has 1 fully saturated rings. The summed E-state index contributed by atoms with van der Waals surface area (Å²) in [6.45, 7) is 6.88. The number of aromatic nitrogens is 1. The van der Waals surface area contributed by atoms with E-state index in [9.17, 15) is 4.79 Å². The fourth-order valence-electron chi connectivity index (χ4n) is 3.98. The molecule has 1 amide bonds. The quantitative estimate of drug-likeness (QED) is 0.210. The van der Waals surface area contributed by atoms with Crippen LogP contribution in [0.5, 0.6) is 0 Å². The summed E-state index contributed by atoms with van der Waals surface area (Å²) in [5.41, 5.74) is 5.58. The van der Waals surface area contributed by atoms with Crippen molar-refractivity contribution in [3.8, 4) is 0 Å². The van der Waals surface area contributed by atoms with Crippen LogP contribution in [0.1, 0.15) is 27.0 Å². The van der Waals surface area contributed by atoms with Crippen LogP contribution in [0.15, 0.2) is 71.3 Å². The van der Waals surface area contributed by atoms with Gasteiger partial charge in [0.05, 0.1) is 17.7 Å². The molecule has 0 atom stereocenters. The molecule has 7 nitrogen and oxygen atoms in total. The number of rotatable bonds is 8. The van der Waals surface area contributed by atoms with Gasteiger partial charge in [-0.25, -0.2) is 4.99 Å². The van der Waals surface area contributed by atoms with E-state index in [4.69, 9.17) is 11.6 Å². The largest absolute Gasteiger partial charge is 0.345 e. The van der Waals surface area contributed by atoms with Gasteiger partial charge < -0.3 is 15.5 Å². The van der Waals surface area contributed by atoms with Gasteiger partial charge in [-0.1, -0.05) is 23.7 Å². The average molecular weight is 535 g/mol. The molecule has 0 radical (unpaired) electrons. The van der Waals surface area contributed by atoms with Crippen LogP contribution >= 0.6 is 24.2 Å². The molecule has 0 bridgehead atoms. The number of nitrogens with one attached hydrogen (secondary N) is 2. The molecule has 37 heavy (non-hydrogen) atoms. The zero-order valence-corrected chi connectivity index (χ0v) is 22.6. The zero-order chi connectivity index (χ0) is 26.2. The van der Waals surface area contributed by atoms with Crippen LogP contribution in [0.25, 0.3) is 5.70 Å². The van der Waals surface area contributed by atoms with Crippen LogP contribution in [0.2, 0.25) is 5.02 Å². The summed E-state index contributed by atoms with van der Waals surface area (Å²) in [5, 5.41) is 8.36. The first-order valence-corrected chi connectivity index (χ1v) is 13.0. The van der Waals surface area contributed by atoms with Gasteiger partial charge in [-0.05, 0) is 66.9 Å². The van der Waals surface area contributed by atoms with Crippen molar-refractivity contribution in [2.75, 3.05) is 38.5 Å². The Hall–Kier alpha value is -3.17. The van der Waals surface area contributed by atoms with Crippen LogP contribution in [0.3, 0.4) is 0 Å². The van der Waals surface area contributed by atoms with E-state index in [1.165, 1.54) is 0 Å². The molecule has 9 heteroatoms. The van der Waals surface area contributed by atoms with Gasteiger partial charge in [-0.15, -0.1) is 12.6 Å². The third-order valence-corrected chi connectivity index (χ3v) is 6.91. The molecule has 0 spiro atoms. The van der Waals surface area contributed by atoms with E-state index in [0.29, 0.717) is 16.3 Å². The van der Waals surface area contributed by atoms with E-state index in [-0.39, 0.29) is 5.91 Å². The number of aryl methyl sites for hydroxylation is 1. The molecule has 0 unspecified atom stereocenters.